The molecule has 2 rings (SSSR count). The van der Waals surface area contributed by atoms with Gasteiger partial charge in [0.15, 0.2) is 11.5 Å². The summed E-state index contributed by atoms with van der Waals surface area (Å²) >= 11 is 0. The Bertz CT molecular complexity index is 989. The third-order valence-electron chi connectivity index (χ3n) is 6.74. The molecule has 0 aliphatic carbocycles. The SMILES string of the molecule is CCCCCC[C@H](C/C=C/CCCCCCCC(=O)NCc1ccc(O)c(OC)c1)OC(=O)c1ccccc1. The number of phenolic OH excluding ortho intramolecular Hbond substituents is 1. The molecule has 0 bridgehead atoms. The summed E-state index contributed by atoms with van der Waals surface area (Å²) in [5.41, 5.74) is 1.50. The van der Waals surface area contributed by atoms with E-state index < -0.39 is 0 Å². The third-order valence-corrected chi connectivity index (χ3v) is 6.74. The summed E-state index contributed by atoms with van der Waals surface area (Å²) in [7, 11) is 1.51. The van der Waals surface area contributed by atoms with E-state index in [1.54, 1.807) is 30.3 Å². The molecule has 0 aliphatic heterocycles. The number of phenols is 1. The quantitative estimate of drug-likeness (QED) is 0.102. The maximum atomic E-state index is 12.5. The van der Waals surface area contributed by atoms with E-state index in [-0.39, 0.29) is 23.7 Å². The summed E-state index contributed by atoms with van der Waals surface area (Å²) in [5, 5.41) is 12.6. The number of hydrogen-bond donors (Lipinski definition) is 2. The van der Waals surface area contributed by atoms with Gasteiger partial charge in [0.1, 0.15) is 6.10 Å². The first-order chi connectivity index (χ1) is 19.0. The summed E-state index contributed by atoms with van der Waals surface area (Å²) in [6.07, 6.45) is 17.5. The molecule has 1 amide bonds. The van der Waals surface area contributed by atoms with Crippen molar-refractivity contribution in [3.8, 4) is 11.5 Å². The van der Waals surface area contributed by atoms with E-state index in [0.717, 1.165) is 63.4 Å². The zero-order chi connectivity index (χ0) is 28.1. The second-order valence-electron chi connectivity index (χ2n) is 10.0. The predicted molar refractivity (Wildman–Crippen MR) is 157 cm³/mol. The highest BCUT2D eigenvalue weighted by atomic mass is 16.5. The van der Waals surface area contributed by atoms with Crippen molar-refractivity contribution >= 4 is 11.9 Å². The highest BCUT2D eigenvalue weighted by Gasteiger charge is 2.14. The topological polar surface area (TPSA) is 84.9 Å². The first-order valence-corrected chi connectivity index (χ1v) is 14.6. The molecule has 0 aliphatic rings. The Labute approximate surface area is 234 Å². The van der Waals surface area contributed by atoms with Crippen LogP contribution in [0.3, 0.4) is 0 Å². The zero-order valence-electron chi connectivity index (χ0n) is 23.8. The Balaban J connectivity index is 1.56. The summed E-state index contributed by atoms with van der Waals surface area (Å²) in [5.74, 6) is 0.306. The first kappa shape index (κ1) is 31.9. The van der Waals surface area contributed by atoms with E-state index >= 15 is 0 Å². The van der Waals surface area contributed by atoms with Crippen LogP contribution in [-0.4, -0.2) is 30.2 Å². The number of methoxy groups -OCH3 is 1. The van der Waals surface area contributed by atoms with Crippen molar-refractivity contribution in [2.75, 3.05) is 7.11 Å². The van der Waals surface area contributed by atoms with Gasteiger partial charge in [-0.25, -0.2) is 4.79 Å². The fraction of sp³-hybridized carbons (Fsp3) is 0.515. The summed E-state index contributed by atoms with van der Waals surface area (Å²) < 4.78 is 10.9. The molecular weight excluding hydrogens is 490 g/mol. The second kappa shape index (κ2) is 19.7. The number of carbonyl (C=O) groups is 2. The minimum absolute atomic E-state index is 0.0437. The average molecular weight is 538 g/mol. The van der Waals surface area contributed by atoms with Gasteiger partial charge in [-0.05, 0) is 61.9 Å². The molecule has 0 saturated heterocycles. The van der Waals surface area contributed by atoms with E-state index in [0.29, 0.717) is 24.3 Å². The van der Waals surface area contributed by atoms with Gasteiger partial charge in [-0.1, -0.05) is 81.9 Å². The monoisotopic (exact) mass is 537 g/mol. The number of allylic oxidation sites excluding steroid dienone is 1. The lowest BCUT2D eigenvalue weighted by molar-refractivity contribution is -0.121. The molecule has 0 unspecified atom stereocenters. The molecule has 214 valence electrons. The van der Waals surface area contributed by atoms with Gasteiger partial charge in [0.2, 0.25) is 5.91 Å². The van der Waals surface area contributed by atoms with Gasteiger partial charge in [0.25, 0.3) is 0 Å². The first-order valence-electron chi connectivity index (χ1n) is 14.6. The normalized spacial score (nSPS) is 11.8. The zero-order valence-corrected chi connectivity index (χ0v) is 23.8. The van der Waals surface area contributed by atoms with Crippen LogP contribution in [0.2, 0.25) is 0 Å². The van der Waals surface area contributed by atoms with E-state index in [2.05, 4.69) is 24.4 Å². The van der Waals surface area contributed by atoms with Crippen LogP contribution in [0.5, 0.6) is 11.5 Å². The minimum Gasteiger partial charge on any atom is -0.504 e. The van der Waals surface area contributed by atoms with E-state index in [9.17, 15) is 14.7 Å². The average Bonchev–Trinajstić information content (AvgIpc) is 2.96. The van der Waals surface area contributed by atoms with Crippen LogP contribution in [0.4, 0.5) is 0 Å². The number of ether oxygens (including phenoxy) is 2. The van der Waals surface area contributed by atoms with Gasteiger partial charge >= 0.3 is 5.97 Å². The van der Waals surface area contributed by atoms with Crippen LogP contribution >= 0.6 is 0 Å². The van der Waals surface area contributed by atoms with Gasteiger partial charge in [-0.15, -0.1) is 0 Å². The number of nitrogens with one attached hydrogen (secondary N) is 1. The Hall–Kier alpha value is -3.28. The largest absolute Gasteiger partial charge is 0.504 e. The van der Waals surface area contributed by atoms with Crippen molar-refractivity contribution in [3.63, 3.8) is 0 Å². The van der Waals surface area contributed by atoms with E-state index in [4.69, 9.17) is 9.47 Å². The van der Waals surface area contributed by atoms with Gasteiger partial charge in [0, 0.05) is 19.4 Å². The van der Waals surface area contributed by atoms with Crippen molar-refractivity contribution < 1.29 is 24.2 Å². The van der Waals surface area contributed by atoms with Crippen LogP contribution in [0, 0.1) is 0 Å². The lowest BCUT2D eigenvalue weighted by Crippen LogP contribution is -2.22. The van der Waals surface area contributed by atoms with Crippen LogP contribution < -0.4 is 10.1 Å². The number of unbranched alkanes of at least 4 members (excludes halogenated alkanes) is 8. The maximum absolute atomic E-state index is 12.5. The minimum atomic E-state index is -0.237. The molecular formula is C33H47NO5. The lowest BCUT2D eigenvalue weighted by Gasteiger charge is -2.16. The Morgan fingerprint density at radius 3 is 2.44 bits per heavy atom. The predicted octanol–water partition coefficient (Wildman–Crippen LogP) is 7.89. The van der Waals surface area contributed by atoms with Crippen LogP contribution in [0.15, 0.2) is 60.7 Å². The van der Waals surface area contributed by atoms with Crippen LogP contribution in [0.25, 0.3) is 0 Å². The van der Waals surface area contributed by atoms with E-state index in [1.165, 1.54) is 26.4 Å². The molecule has 0 aromatic heterocycles. The van der Waals surface area contributed by atoms with Gasteiger partial charge in [-0.2, -0.15) is 0 Å². The Kier molecular flexibility index (Phi) is 16.2. The molecule has 2 aromatic rings. The maximum Gasteiger partial charge on any atom is 0.338 e. The molecule has 0 radical (unpaired) electrons. The molecule has 0 saturated carbocycles. The molecule has 0 spiro atoms. The number of aromatic hydroxyl groups is 1. The smallest absolute Gasteiger partial charge is 0.338 e. The number of esters is 1. The number of carbonyl (C=O) groups excluding carboxylic acids is 2. The fourth-order valence-electron chi connectivity index (χ4n) is 4.38. The standard InChI is InChI=1S/C33H47NO5/c1-3-4-5-15-20-29(39-33(37)28-18-13-12-14-19-28)21-16-10-8-6-7-9-11-17-22-32(36)34-26-27-23-24-30(35)31(25-27)38-2/h10,12-14,16,18-19,23-25,29,35H,3-9,11,15,17,20-22,26H2,1-2H3,(H,34,36)/b16-10+/t29-/m1/s1. The van der Waals surface area contributed by atoms with Crippen molar-refractivity contribution in [1.29, 1.82) is 0 Å². The molecule has 6 heteroatoms. The number of benzene rings is 2. The highest BCUT2D eigenvalue weighted by Crippen LogP contribution is 2.26. The third kappa shape index (κ3) is 13.9. The summed E-state index contributed by atoms with van der Waals surface area (Å²) in [6.45, 7) is 2.62. The van der Waals surface area contributed by atoms with Crippen molar-refractivity contribution in [2.45, 2.75) is 103 Å². The lowest BCUT2D eigenvalue weighted by atomic mass is 10.1. The van der Waals surface area contributed by atoms with Gasteiger partial charge < -0.3 is 19.9 Å². The second-order valence-corrected chi connectivity index (χ2v) is 10.0. The number of amides is 1. The van der Waals surface area contributed by atoms with Crippen molar-refractivity contribution in [3.05, 3.63) is 71.8 Å². The molecule has 1 atom stereocenters. The Morgan fingerprint density at radius 1 is 0.923 bits per heavy atom. The summed E-state index contributed by atoms with van der Waals surface area (Å²) in [4.78, 5) is 24.6. The molecule has 6 nitrogen and oxygen atoms in total. The molecule has 0 heterocycles. The van der Waals surface area contributed by atoms with Gasteiger partial charge in [-0.3, -0.25) is 4.79 Å². The van der Waals surface area contributed by atoms with Crippen molar-refractivity contribution in [2.24, 2.45) is 0 Å². The number of hydrogen-bond acceptors (Lipinski definition) is 5. The van der Waals surface area contributed by atoms with Crippen LogP contribution in [0.1, 0.15) is 106 Å². The Morgan fingerprint density at radius 2 is 1.67 bits per heavy atom. The van der Waals surface area contributed by atoms with Gasteiger partial charge in [0.05, 0.1) is 12.7 Å². The molecule has 2 aromatic carbocycles. The summed E-state index contributed by atoms with van der Waals surface area (Å²) in [6, 6.07) is 14.3. The van der Waals surface area contributed by atoms with E-state index in [1.807, 2.05) is 18.2 Å². The molecule has 2 N–H and O–H groups in total. The van der Waals surface area contributed by atoms with Crippen molar-refractivity contribution in [1.82, 2.24) is 5.32 Å². The number of rotatable bonds is 20. The van der Waals surface area contributed by atoms with Crippen LogP contribution in [-0.2, 0) is 16.1 Å². The molecule has 0 fully saturated rings. The highest BCUT2D eigenvalue weighted by molar-refractivity contribution is 5.89. The fourth-order valence-corrected chi connectivity index (χ4v) is 4.38. The molecule has 39 heavy (non-hydrogen) atoms.